The van der Waals surface area contributed by atoms with E-state index in [4.69, 9.17) is 16.1 Å². The summed E-state index contributed by atoms with van der Waals surface area (Å²) in [5.74, 6) is 0.409. The second kappa shape index (κ2) is 9.43. The Bertz CT molecular complexity index is 971. The molecule has 0 spiro atoms. The van der Waals surface area contributed by atoms with Crippen LogP contribution >= 0.6 is 11.6 Å². The van der Waals surface area contributed by atoms with Crippen molar-refractivity contribution in [3.63, 3.8) is 0 Å². The van der Waals surface area contributed by atoms with Gasteiger partial charge in [-0.3, -0.25) is 14.6 Å². The van der Waals surface area contributed by atoms with E-state index in [1.807, 2.05) is 13.8 Å². The lowest BCUT2D eigenvalue weighted by atomic mass is 10.0. The third-order valence-corrected chi connectivity index (χ3v) is 4.63. The van der Waals surface area contributed by atoms with Crippen LogP contribution in [0.5, 0.6) is 0 Å². The summed E-state index contributed by atoms with van der Waals surface area (Å²) in [7, 11) is 0. The van der Waals surface area contributed by atoms with Gasteiger partial charge in [-0.25, -0.2) is 0 Å². The van der Waals surface area contributed by atoms with Gasteiger partial charge < -0.3 is 9.84 Å². The number of benzene rings is 1. The predicted molar refractivity (Wildman–Crippen MR) is 108 cm³/mol. The predicted octanol–water partition coefficient (Wildman–Crippen LogP) is 4.26. The van der Waals surface area contributed by atoms with E-state index in [9.17, 15) is 9.59 Å². The van der Waals surface area contributed by atoms with Gasteiger partial charge in [-0.2, -0.15) is 4.98 Å². The maximum Gasteiger partial charge on any atom is 0.249 e. The molecule has 1 unspecified atom stereocenters. The summed E-state index contributed by atoms with van der Waals surface area (Å²) in [5, 5.41) is 7.44. The van der Waals surface area contributed by atoms with Crippen LogP contribution in [-0.2, 0) is 4.79 Å². The van der Waals surface area contributed by atoms with Gasteiger partial charge in [-0.05, 0) is 42.3 Å². The van der Waals surface area contributed by atoms with Gasteiger partial charge in [0.25, 0.3) is 0 Å². The highest BCUT2D eigenvalue weighted by atomic mass is 35.5. The Hall–Kier alpha value is -3.06. The molecular formula is C21H21ClN4O3. The van der Waals surface area contributed by atoms with Crippen LogP contribution in [0.2, 0.25) is 5.02 Å². The van der Waals surface area contributed by atoms with Crippen molar-refractivity contribution in [1.29, 1.82) is 0 Å². The second-order valence-electron chi connectivity index (χ2n) is 6.91. The van der Waals surface area contributed by atoms with Crippen molar-refractivity contribution in [2.45, 2.75) is 32.7 Å². The number of aromatic nitrogens is 3. The maximum atomic E-state index is 12.4. The Morgan fingerprint density at radius 3 is 2.41 bits per heavy atom. The van der Waals surface area contributed by atoms with Crippen LogP contribution in [0, 0.1) is 5.92 Å². The lowest BCUT2D eigenvalue weighted by molar-refractivity contribution is -0.122. The Morgan fingerprint density at radius 2 is 1.76 bits per heavy atom. The Kier molecular flexibility index (Phi) is 6.72. The summed E-state index contributed by atoms with van der Waals surface area (Å²) in [4.78, 5) is 33.0. The minimum Gasteiger partial charge on any atom is -0.344 e. The fourth-order valence-electron chi connectivity index (χ4n) is 2.75. The van der Waals surface area contributed by atoms with Crippen LogP contribution < -0.4 is 5.32 Å². The molecule has 0 aliphatic carbocycles. The average Bonchev–Trinajstić information content (AvgIpc) is 3.21. The zero-order chi connectivity index (χ0) is 20.8. The number of nitrogens with zero attached hydrogens (tertiary/aromatic N) is 3. The number of hydrogen-bond acceptors (Lipinski definition) is 6. The van der Waals surface area contributed by atoms with E-state index in [0.29, 0.717) is 22.3 Å². The van der Waals surface area contributed by atoms with Crippen molar-refractivity contribution < 1.29 is 14.1 Å². The van der Waals surface area contributed by atoms with Crippen LogP contribution in [0.15, 0.2) is 53.3 Å². The third kappa shape index (κ3) is 5.48. The zero-order valence-electron chi connectivity index (χ0n) is 16.1. The molecule has 0 saturated heterocycles. The molecule has 3 aromatic rings. The number of hydrogen-bond donors (Lipinski definition) is 1. The van der Waals surface area contributed by atoms with Gasteiger partial charge in [-0.1, -0.05) is 30.6 Å². The molecule has 0 fully saturated rings. The standard InChI is InChI=1S/C21H21ClN4O3/c1-13(2)19(21-25-20(26-29-21)15-9-11-23-12-10-15)24-18(28)8-7-17(27)14-3-5-16(22)6-4-14/h3-6,9-13,19H,7-8H2,1-2H3,(H,24,28). The largest absolute Gasteiger partial charge is 0.344 e. The Balaban J connectivity index is 1.61. The number of nitrogens with one attached hydrogen (secondary N) is 1. The molecule has 3 rings (SSSR count). The summed E-state index contributed by atoms with van der Waals surface area (Å²) in [6, 6.07) is 9.72. The molecular weight excluding hydrogens is 392 g/mol. The molecule has 8 heteroatoms. The molecule has 0 bridgehead atoms. The monoisotopic (exact) mass is 412 g/mol. The van der Waals surface area contributed by atoms with Crippen LogP contribution in [-0.4, -0.2) is 26.8 Å². The highest BCUT2D eigenvalue weighted by Crippen LogP contribution is 2.23. The number of carbonyl (C=O) groups is 2. The fraction of sp³-hybridized carbons (Fsp3) is 0.286. The molecule has 29 heavy (non-hydrogen) atoms. The summed E-state index contributed by atoms with van der Waals surface area (Å²) >= 11 is 5.83. The Labute approximate surface area is 173 Å². The number of ketones is 1. The first-order valence-corrected chi connectivity index (χ1v) is 9.64. The molecule has 1 amide bonds. The minimum absolute atomic E-state index is 0.0247. The van der Waals surface area contributed by atoms with Crippen molar-refractivity contribution in [3.05, 3.63) is 65.3 Å². The molecule has 2 aromatic heterocycles. The summed E-state index contributed by atoms with van der Waals surface area (Å²) < 4.78 is 5.37. The molecule has 1 N–H and O–H groups in total. The highest BCUT2D eigenvalue weighted by molar-refractivity contribution is 6.30. The van der Waals surface area contributed by atoms with Gasteiger partial charge in [0.15, 0.2) is 5.78 Å². The second-order valence-corrected chi connectivity index (χ2v) is 7.35. The van der Waals surface area contributed by atoms with Gasteiger partial charge in [0.2, 0.25) is 17.6 Å². The van der Waals surface area contributed by atoms with Gasteiger partial charge in [0.1, 0.15) is 6.04 Å². The van der Waals surface area contributed by atoms with Crippen LogP contribution in [0.4, 0.5) is 0 Å². The first-order chi connectivity index (χ1) is 13.9. The van der Waals surface area contributed by atoms with Gasteiger partial charge in [-0.15, -0.1) is 0 Å². The van der Waals surface area contributed by atoms with E-state index < -0.39 is 6.04 Å². The summed E-state index contributed by atoms with van der Waals surface area (Å²) in [6.07, 6.45) is 3.45. The van der Waals surface area contributed by atoms with E-state index >= 15 is 0 Å². The summed E-state index contributed by atoms with van der Waals surface area (Å²) in [6.45, 7) is 3.89. The normalized spacial score (nSPS) is 12.0. The van der Waals surface area contributed by atoms with Crippen LogP contribution in [0.3, 0.4) is 0 Å². The van der Waals surface area contributed by atoms with E-state index in [-0.39, 0.29) is 30.4 Å². The molecule has 0 aliphatic heterocycles. The topological polar surface area (TPSA) is 98.0 Å². The van der Waals surface area contributed by atoms with Gasteiger partial charge in [0, 0.05) is 41.4 Å². The lowest BCUT2D eigenvalue weighted by Crippen LogP contribution is -2.32. The number of Topliss-reactive ketones (excluding diaryl/α,β-unsaturated/α-hetero) is 1. The van der Waals surface area contributed by atoms with Crippen molar-refractivity contribution >= 4 is 23.3 Å². The smallest absolute Gasteiger partial charge is 0.249 e. The van der Waals surface area contributed by atoms with Crippen molar-refractivity contribution in [2.24, 2.45) is 5.92 Å². The van der Waals surface area contributed by atoms with E-state index in [1.165, 1.54) is 0 Å². The van der Waals surface area contributed by atoms with E-state index in [0.717, 1.165) is 5.56 Å². The van der Waals surface area contributed by atoms with E-state index in [1.54, 1.807) is 48.8 Å². The number of halogens is 1. The molecule has 0 radical (unpaired) electrons. The van der Waals surface area contributed by atoms with Crippen LogP contribution in [0.25, 0.3) is 11.4 Å². The highest BCUT2D eigenvalue weighted by Gasteiger charge is 2.25. The molecule has 0 saturated carbocycles. The molecule has 1 aromatic carbocycles. The Morgan fingerprint density at radius 1 is 1.07 bits per heavy atom. The number of carbonyl (C=O) groups excluding carboxylic acids is 2. The number of rotatable bonds is 8. The minimum atomic E-state index is -0.448. The fourth-order valence-corrected chi connectivity index (χ4v) is 2.87. The molecule has 1 atom stereocenters. The quantitative estimate of drug-likeness (QED) is 0.555. The molecule has 0 aliphatic rings. The molecule has 2 heterocycles. The lowest BCUT2D eigenvalue weighted by Gasteiger charge is -2.18. The number of amides is 1. The van der Waals surface area contributed by atoms with Gasteiger partial charge >= 0.3 is 0 Å². The first kappa shape index (κ1) is 20.7. The van der Waals surface area contributed by atoms with Crippen molar-refractivity contribution in [3.8, 4) is 11.4 Å². The SMILES string of the molecule is CC(C)C(NC(=O)CCC(=O)c1ccc(Cl)cc1)c1nc(-c2ccncc2)no1. The first-order valence-electron chi connectivity index (χ1n) is 9.26. The van der Waals surface area contributed by atoms with Crippen LogP contribution in [0.1, 0.15) is 49.0 Å². The summed E-state index contributed by atoms with van der Waals surface area (Å²) in [5.41, 5.74) is 1.30. The van der Waals surface area contributed by atoms with E-state index in [2.05, 4.69) is 20.4 Å². The molecule has 150 valence electrons. The third-order valence-electron chi connectivity index (χ3n) is 4.37. The van der Waals surface area contributed by atoms with Crippen molar-refractivity contribution in [1.82, 2.24) is 20.4 Å². The zero-order valence-corrected chi connectivity index (χ0v) is 16.9. The van der Waals surface area contributed by atoms with Gasteiger partial charge in [0.05, 0.1) is 0 Å². The number of pyridine rings is 1. The van der Waals surface area contributed by atoms with Crippen molar-refractivity contribution in [2.75, 3.05) is 0 Å². The molecule has 7 nitrogen and oxygen atoms in total. The maximum absolute atomic E-state index is 12.4. The average molecular weight is 413 g/mol.